The molecule has 0 spiro atoms. The fourth-order valence-corrected chi connectivity index (χ4v) is 0.606. The molecule has 88 valence electrons. The van der Waals surface area contributed by atoms with Crippen LogP contribution in [0, 0.1) is 0 Å². The molecule has 0 aromatic heterocycles. The van der Waals surface area contributed by atoms with E-state index in [-0.39, 0.29) is 0 Å². The molecule has 0 aliphatic heterocycles. The highest BCUT2D eigenvalue weighted by atomic mass is 19.4. The SMILES string of the molecule is O=C=NCCC(F)(F)C(F)(F)C(F)(F)F. The van der Waals surface area contributed by atoms with Crippen LogP contribution in [0.3, 0.4) is 0 Å². The van der Waals surface area contributed by atoms with E-state index in [1.54, 1.807) is 0 Å². The number of hydrogen-bond acceptors (Lipinski definition) is 2. The maximum absolute atomic E-state index is 12.4. The highest BCUT2D eigenvalue weighted by Crippen LogP contribution is 2.47. The molecular formula is C6H4F7NO. The lowest BCUT2D eigenvalue weighted by atomic mass is 10.1. The molecule has 0 unspecified atom stereocenters. The summed E-state index contributed by atoms with van der Waals surface area (Å²) >= 11 is 0. The number of nitrogens with zero attached hydrogens (tertiary/aromatic N) is 1. The zero-order valence-electron chi connectivity index (χ0n) is 6.92. The largest absolute Gasteiger partial charge is 0.459 e. The van der Waals surface area contributed by atoms with Crippen LogP contribution >= 0.6 is 0 Å². The molecule has 2 nitrogen and oxygen atoms in total. The fraction of sp³-hybridized carbons (Fsp3) is 0.833. The quantitative estimate of drug-likeness (QED) is 0.421. The van der Waals surface area contributed by atoms with E-state index in [0.29, 0.717) is 0 Å². The van der Waals surface area contributed by atoms with Crippen LogP contribution in [0.15, 0.2) is 4.99 Å². The van der Waals surface area contributed by atoms with E-state index in [1.807, 2.05) is 0 Å². The Labute approximate surface area is 78.8 Å². The second kappa shape index (κ2) is 4.18. The zero-order valence-corrected chi connectivity index (χ0v) is 6.92. The van der Waals surface area contributed by atoms with Crippen molar-refractivity contribution in [2.24, 2.45) is 4.99 Å². The third-order valence-corrected chi connectivity index (χ3v) is 1.42. The standard InChI is InChI=1S/C6H4F7NO/c7-4(8,1-2-14-3-15)5(9,10)6(11,12)13/h1-2H2. The van der Waals surface area contributed by atoms with E-state index in [4.69, 9.17) is 0 Å². The Hall–Kier alpha value is -1.11. The summed E-state index contributed by atoms with van der Waals surface area (Å²) in [5.74, 6) is -11.4. The van der Waals surface area contributed by atoms with Gasteiger partial charge in [-0.3, -0.25) is 0 Å². The maximum atomic E-state index is 12.4. The summed E-state index contributed by atoms with van der Waals surface area (Å²) in [5.41, 5.74) is 0. The van der Waals surface area contributed by atoms with Crippen LogP contribution in [0.5, 0.6) is 0 Å². The number of hydrogen-bond donors (Lipinski definition) is 0. The van der Waals surface area contributed by atoms with Crippen molar-refractivity contribution in [2.75, 3.05) is 6.54 Å². The first-order valence-corrected chi connectivity index (χ1v) is 3.42. The van der Waals surface area contributed by atoms with Gasteiger partial charge in [-0.25, -0.2) is 9.79 Å². The number of carbonyl (C=O) groups excluding carboxylic acids is 1. The molecule has 0 amide bonds. The van der Waals surface area contributed by atoms with Crippen LogP contribution in [-0.2, 0) is 4.79 Å². The summed E-state index contributed by atoms with van der Waals surface area (Å²) in [7, 11) is 0. The molecule has 0 fully saturated rings. The molecule has 9 heteroatoms. The second-order valence-electron chi connectivity index (χ2n) is 2.50. The van der Waals surface area contributed by atoms with Gasteiger partial charge in [0.2, 0.25) is 6.08 Å². The fourth-order valence-electron chi connectivity index (χ4n) is 0.606. The first-order valence-electron chi connectivity index (χ1n) is 3.42. The number of rotatable bonds is 4. The Morgan fingerprint density at radius 3 is 1.80 bits per heavy atom. The first-order chi connectivity index (χ1) is 6.56. The van der Waals surface area contributed by atoms with Crippen LogP contribution in [-0.4, -0.2) is 30.6 Å². The van der Waals surface area contributed by atoms with Gasteiger partial charge in [-0.05, 0) is 0 Å². The lowest BCUT2D eigenvalue weighted by Crippen LogP contribution is -2.52. The van der Waals surface area contributed by atoms with Gasteiger partial charge in [0.05, 0.1) is 6.54 Å². The van der Waals surface area contributed by atoms with Gasteiger partial charge >= 0.3 is 18.0 Å². The van der Waals surface area contributed by atoms with Crippen molar-refractivity contribution >= 4 is 6.08 Å². The monoisotopic (exact) mass is 239 g/mol. The van der Waals surface area contributed by atoms with Crippen LogP contribution in [0.2, 0.25) is 0 Å². The Morgan fingerprint density at radius 1 is 1.00 bits per heavy atom. The highest BCUT2D eigenvalue weighted by Gasteiger charge is 2.72. The Balaban J connectivity index is 4.77. The molecule has 0 aromatic rings. The van der Waals surface area contributed by atoms with Gasteiger partial charge in [-0.1, -0.05) is 0 Å². The minimum atomic E-state index is -6.35. The van der Waals surface area contributed by atoms with Crippen LogP contribution in [0.25, 0.3) is 0 Å². The summed E-state index contributed by atoms with van der Waals surface area (Å²) in [6, 6.07) is 0. The van der Waals surface area contributed by atoms with Gasteiger partial charge in [0.15, 0.2) is 0 Å². The molecule has 0 atom stereocenters. The van der Waals surface area contributed by atoms with Crippen molar-refractivity contribution in [1.82, 2.24) is 0 Å². The topological polar surface area (TPSA) is 29.4 Å². The lowest BCUT2D eigenvalue weighted by Gasteiger charge is -2.27. The van der Waals surface area contributed by atoms with Crippen molar-refractivity contribution in [1.29, 1.82) is 0 Å². The summed E-state index contributed by atoms with van der Waals surface area (Å²) in [6.07, 6.45) is -7.48. The molecule has 0 N–H and O–H groups in total. The average molecular weight is 239 g/mol. The third-order valence-electron chi connectivity index (χ3n) is 1.42. The van der Waals surface area contributed by atoms with Gasteiger partial charge in [-0.2, -0.15) is 30.7 Å². The van der Waals surface area contributed by atoms with Crippen molar-refractivity contribution in [3.63, 3.8) is 0 Å². The van der Waals surface area contributed by atoms with E-state index in [2.05, 4.69) is 4.99 Å². The molecule has 0 aliphatic rings. The van der Waals surface area contributed by atoms with Gasteiger partial charge < -0.3 is 0 Å². The van der Waals surface area contributed by atoms with E-state index >= 15 is 0 Å². The predicted molar refractivity (Wildman–Crippen MR) is 33.6 cm³/mol. The maximum Gasteiger partial charge on any atom is 0.459 e. The molecule has 0 aromatic carbocycles. The van der Waals surface area contributed by atoms with Crippen LogP contribution < -0.4 is 0 Å². The van der Waals surface area contributed by atoms with E-state index in [0.717, 1.165) is 6.08 Å². The molecule has 0 saturated heterocycles. The van der Waals surface area contributed by atoms with Gasteiger partial charge in [0.25, 0.3) is 0 Å². The molecule has 0 aliphatic carbocycles. The predicted octanol–water partition coefficient (Wildman–Crippen LogP) is 2.55. The van der Waals surface area contributed by atoms with E-state index < -0.39 is 31.0 Å². The van der Waals surface area contributed by atoms with Gasteiger partial charge in [0.1, 0.15) is 0 Å². The number of aliphatic imine (C=N–C) groups is 1. The summed E-state index contributed by atoms with van der Waals surface area (Å²) in [4.78, 5) is 11.9. The normalized spacial score (nSPS) is 13.5. The van der Waals surface area contributed by atoms with Gasteiger partial charge in [0, 0.05) is 6.42 Å². The van der Waals surface area contributed by atoms with Crippen molar-refractivity contribution in [3.05, 3.63) is 0 Å². The highest BCUT2D eigenvalue weighted by molar-refractivity contribution is 5.32. The average Bonchev–Trinajstić information content (AvgIpc) is 2.02. The van der Waals surface area contributed by atoms with Crippen LogP contribution in [0.4, 0.5) is 30.7 Å². The Bertz CT molecular complexity index is 265. The van der Waals surface area contributed by atoms with Crippen molar-refractivity contribution in [3.8, 4) is 0 Å². The molecule has 0 saturated carbocycles. The van der Waals surface area contributed by atoms with E-state index in [1.165, 1.54) is 0 Å². The molecule has 0 bridgehead atoms. The smallest absolute Gasteiger partial charge is 0.211 e. The Kier molecular flexibility index (Phi) is 3.87. The third kappa shape index (κ3) is 2.92. The number of alkyl halides is 7. The minimum absolute atomic E-state index is 0.746. The van der Waals surface area contributed by atoms with E-state index in [9.17, 15) is 35.5 Å². The molecule has 15 heavy (non-hydrogen) atoms. The van der Waals surface area contributed by atoms with Crippen molar-refractivity contribution in [2.45, 2.75) is 24.4 Å². The van der Waals surface area contributed by atoms with Crippen molar-refractivity contribution < 1.29 is 35.5 Å². The lowest BCUT2D eigenvalue weighted by molar-refractivity contribution is -0.355. The molecule has 0 radical (unpaired) electrons. The summed E-state index contributed by atoms with van der Waals surface area (Å²) < 4.78 is 83.5. The minimum Gasteiger partial charge on any atom is -0.211 e. The van der Waals surface area contributed by atoms with Gasteiger partial charge in [-0.15, -0.1) is 0 Å². The number of isocyanates is 1. The second-order valence-corrected chi connectivity index (χ2v) is 2.50. The molecule has 0 heterocycles. The zero-order chi connectivity index (χ0) is 12.3. The summed E-state index contributed by atoms with van der Waals surface area (Å²) in [5, 5.41) is 0. The number of halogens is 7. The molecule has 0 rings (SSSR count). The Morgan fingerprint density at radius 2 is 1.47 bits per heavy atom. The first kappa shape index (κ1) is 13.9. The van der Waals surface area contributed by atoms with Crippen LogP contribution in [0.1, 0.15) is 6.42 Å². The summed E-state index contributed by atoms with van der Waals surface area (Å²) in [6.45, 7) is -1.15. The molecular weight excluding hydrogens is 235 g/mol.